The number of guanidine groups is 1. The molecule has 7 heteroatoms. The number of nitrogens with zero attached hydrogens (tertiary/aromatic N) is 3. The molecule has 1 atom stereocenters. The van der Waals surface area contributed by atoms with E-state index in [1.54, 1.807) is 14.0 Å². The zero-order valence-corrected chi connectivity index (χ0v) is 17.2. The van der Waals surface area contributed by atoms with Gasteiger partial charge in [0.1, 0.15) is 0 Å². The standard InChI is InChI=1S/C21H33F3N4/c1-4-17-6-8-18(9-7-17)10-12-26-20(25-3)28-13-11-19(15-28)14-27(5-2)16-21(22,23)24/h6-9,19H,4-5,10-16H2,1-3H3,(H,25,26). The number of aryl methyl sites for hydroxylation is 1. The number of benzene rings is 1. The normalized spacial score (nSPS) is 18.2. The van der Waals surface area contributed by atoms with E-state index in [1.807, 2.05) is 0 Å². The lowest BCUT2D eigenvalue weighted by Gasteiger charge is -2.26. The Bertz CT molecular complexity index is 613. The van der Waals surface area contributed by atoms with Crippen molar-refractivity contribution in [1.82, 2.24) is 15.1 Å². The van der Waals surface area contributed by atoms with Gasteiger partial charge >= 0.3 is 6.18 Å². The highest BCUT2D eigenvalue weighted by Crippen LogP contribution is 2.21. The van der Waals surface area contributed by atoms with Gasteiger partial charge in [0, 0.05) is 33.2 Å². The zero-order chi connectivity index (χ0) is 20.6. The molecule has 158 valence electrons. The van der Waals surface area contributed by atoms with Crippen LogP contribution in [0.1, 0.15) is 31.4 Å². The summed E-state index contributed by atoms with van der Waals surface area (Å²) in [4.78, 5) is 8.01. The number of alkyl halides is 3. The first-order valence-corrected chi connectivity index (χ1v) is 10.2. The van der Waals surface area contributed by atoms with Crippen LogP contribution in [0.4, 0.5) is 13.2 Å². The summed E-state index contributed by atoms with van der Waals surface area (Å²) in [7, 11) is 1.76. The molecular formula is C21H33F3N4. The molecule has 1 aromatic carbocycles. The topological polar surface area (TPSA) is 30.9 Å². The highest BCUT2D eigenvalue weighted by Gasteiger charge is 2.32. The lowest BCUT2D eigenvalue weighted by atomic mass is 10.1. The van der Waals surface area contributed by atoms with Gasteiger partial charge in [-0.05, 0) is 42.9 Å². The molecule has 1 aromatic rings. The van der Waals surface area contributed by atoms with Crippen molar-refractivity contribution in [2.24, 2.45) is 10.9 Å². The van der Waals surface area contributed by atoms with Gasteiger partial charge in [-0.25, -0.2) is 0 Å². The average molecular weight is 399 g/mol. The van der Waals surface area contributed by atoms with Crippen LogP contribution in [-0.4, -0.2) is 68.3 Å². The van der Waals surface area contributed by atoms with Gasteiger partial charge in [0.25, 0.3) is 0 Å². The number of aliphatic imine (C=N–C) groups is 1. The van der Waals surface area contributed by atoms with E-state index >= 15 is 0 Å². The Morgan fingerprint density at radius 3 is 2.46 bits per heavy atom. The Labute approximate surface area is 166 Å². The fourth-order valence-corrected chi connectivity index (χ4v) is 3.69. The van der Waals surface area contributed by atoms with Gasteiger partial charge in [-0.15, -0.1) is 0 Å². The predicted molar refractivity (Wildman–Crippen MR) is 109 cm³/mol. The molecule has 1 fully saturated rings. The summed E-state index contributed by atoms with van der Waals surface area (Å²) in [5.41, 5.74) is 2.62. The number of halogens is 3. The van der Waals surface area contributed by atoms with Crippen molar-refractivity contribution >= 4 is 5.96 Å². The van der Waals surface area contributed by atoms with Gasteiger partial charge in [-0.2, -0.15) is 13.2 Å². The lowest BCUT2D eigenvalue weighted by molar-refractivity contribution is -0.146. The van der Waals surface area contributed by atoms with E-state index in [0.717, 1.165) is 44.9 Å². The first-order valence-electron chi connectivity index (χ1n) is 10.2. The minimum Gasteiger partial charge on any atom is -0.356 e. The highest BCUT2D eigenvalue weighted by molar-refractivity contribution is 5.80. The summed E-state index contributed by atoms with van der Waals surface area (Å²) >= 11 is 0. The third-order valence-corrected chi connectivity index (χ3v) is 5.29. The van der Waals surface area contributed by atoms with Crippen molar-refractivity contribution in [2.75, 3.05) is 46.3 Å². The summed E-state index contributed by atoms with van der Waals surface area (Å²) in [5.74, 6) is 1.08. The molecule has 0 radical (unpaired) electrons. The van der Waals surface area contributed by atoms with Crippen LogP contribution in [0.25, 0.3) is 0 Å². The second-order valence-electron chi connectivity index (χ2n) is 7.44. The average Bonchev–Trinajstić information content (AvgIpc) is 3.12. The molecule has 1 heterocycles. The summed E-state index contributed by atoms with van der Waals surface area (Å²) in [6, 6.07) is 8.65. The van der Waals surface area contributed by atoms with Crippen molar-refractivity contribution in [1.29, 1.82) is 0 Å². The van der Waals surface area contributed by atoms with E-state index in [0.29, 0.717) is 13.1 Å². The van der Waals surface area contributed by atoms with E-state index in [9.17, 15) is 13.2 Å². The minimum atomic E-state index is -4.14. The molecule has 4 nitrogen and oxygen atoms in total. The minimum absolute atomic E-state index is 0.238. The van der Waals surface area contributed by atoms with Gasteiger partial charge in [0.05, 0.1) is 6.54 Å². The maximum absolute atomic E-state index is 12.7. The zero-order valence-electron chi connectivity index (χ0n) is 17.2. The van der Waals surface area contributed by atoms with Crippen molar-refractivity contribution in [3.8, 4) is 0 Å². The van der Waals surface area contributed by atoms with E-state index in [4.69, 9.17) is 0 Å². The second-order valence-corrected chi connectivity index (χ2v) is 7.44. The molecule has 2 rings (SSSR count). The van der Waals surface area contributed by atoms with Crippen molar-refractivity contribution in [2.45, 2.75) is 39.3 Å². The summed E-state index contributed by atoms with van der Waals surface area (Å²) in [6.07, 6.45) is -1.29. The Balaban J connectivity index is 1.78. The SMILES string of the molecule is CCc1ccc(CCNC(=NC)N2CCC(CN(CC)CC(F)(F)F)C2)cc1. The number of hydrogen-bond acceptors (Lipinski definition) is 2. The molecule has 1 saturated heterocycles. The Morgan fingerprint density at radius 2 is 1.89 bits per heavy atom. The van der Waals surface area contributed by atoms with Gasteiger partial charge in [0.2, 0.25) is 0 Å². The van der Waals surface area contributed by atoms with E-state index in [-0.39, 0.29) is 5.92 Å². The second kappa shape index (κ2) is 10.7. The molecule has 28 heavy (non-hydrogen) atoms. The molecule has 1 N–H and O–H groups in total. The number of likely N-dealkylation sites (tertiary alicyclic amines) is 1. The monoisotopic (exact) mass is 398 g/mol. The molecule has 1 aliphatic heterocycles. The largest absolute Gasteiger partial charge is 0.401 e. The Kier molecular flexibility index (Phi) is 8.60. The molecule has 0 spiro atoms. The Morgan fingerprint density at radius 1 is 1.21 bits per heavy atom. The van der Waals surface area contributed by atoms with Gasteiger partial charge in [0.15, 0.2) is 5.96 Å². The number of nitrogens with one attached hydrogen (secondary N) is 1. The van der Waals surface area contributed by atoms with Crippen molar-refractivity contribution in [3.05, 3.63) is 35.4 Å². The van der Waals surface area contributed by atoms with Crippen LogP contribution in [-0.2, 0) is 12.8 Å². The first kappa shape index (κ1) is 22.5. The van der Waals surface area contributed by atoms with E-state index in [2.05, 4.69) is 46.4 Å². The lowest BCUT2D eigenvalue weighted by Crippen LogP contribution is -2.42. The van der Waals surface area contributed by atoms with Crippen molar-refractivity contribution in [3.63, 3.8) is 0 Å². The van der Waals surface area contributed by atoms with Crippen LogP contribution in [0.2, 0.25) is 0 Å². The first-order chi connectivity index (χ1) is 13.3. The molecule has 0 bridgehead atoms. The smallest absolute Gasteiger partial charge is 0.356 e. The van der Waals surface area contributed by atoms with Gasteiger partial charge < -0.3 is 10.2 Å². The summed E-state index contributed by atoms with van der Waals surface area (Å²) < 4.78 is 38.0. The van der Waals surface area contributed by atoms with Gasteiger partial charge in [-0.1, -0.05) is 38.1 Å². The number of hydrogen-bond donors (Lipinski definition) is 1. The third kappa shape index (κ3) is 7.34. The molecule has 1 aliphatic rings. The molecular weight excluding hydrogens is 365 g/mol. The Hall–Kier alpha value is -1.76. The fraction of sp³-hybridized carbons (Fsp3) is 0.667. The number of rotatable bonds is 8. The maximum atomic E-state index is 12.7. The highest BCUT2D eigenvalue weighted by atomic mass is 19.4. The third-order valence-electron chi connectivity index (χ3n) is 5.29. The molecule has 0 aromatic heterocycles. The molecule has 1 unspecified atom stereocenters. The molecule has 0 amide bonds. The quantitative estimate of drug-likeness (QED) is 0.537. The molecule has 0 aliphatic carbocycles. The van der Waals surface area contributed by atoms with Crippen molar-refractivity contribution < 1.29 is 13.2 Å². The molecule has 0 saturated carbocycles. The van der Waals surface area contributed by atoms with E-state index < -0.39 is 12.7 Å². The van der Waals surface area contributed by atoms with Crippen LogP contribution >= 0.6 is 0 Å². The summed E-state index contributed by atoms with van der Waals surface area (Å²) in [5, 5.41) is 3.40. The van der Waals surface area contributed by atoms with E-state index in [1.165, 1.54) is 16.0 Å². The van der Waals surface area contributed by atoms with Crippen LogP contribution in [0.15, 0.2) is 29.3 Å². The summed E-state index contributed by atoms with van der Waals surface area (Å²) in [6.45, 7) is 6.36. The fourth-order valence-electron chi connectivity index (χ4n) is 3.69. The predicted octanol–water partition coefficient (Wildman–Crippen LogP) is 3.57. The van der Waals surface area contributed by atoms with Crippen LogP contribution in [0.3, 0.4) is 0 Å². The maximum Gasteiger partial charge on any atom is 0.401 e. The van der Waals surface area contributed by atoms with Crippen LogP contribution in [0.5, 0.6) is 0 Å². The van der Waals surface area contributed by atoms with Gasteiger partial charge in [-0.3, -0.25) is 9.89 Å². The van der Waals surface area contributed by atoms with Crippen LogP contribution < -0.4 is 5.32 Å². The van der Waals surface area contributed by atoms with Crippen LogP contribution in [0, 0.1) is 5.92 Å².